The molecule has 2 N–H and O–H groups in total. The number of carbonyl (C=O) groups excluding carboxylic acids is 1. The second-order valence-electron chi connectivity index (χ2n) is 3.86. The van der Waals surface area contributed by atoms with E-state index in [9.17, 15) is 9.90 Å². The average Bonchev–Trinajstić information content (AvgIpc) is 2.33. The van der Waals surface area contributed by atoms with Crippen LogP contribution in [-0.4, -0.2) is 11.0 Å². The van der Waals surface area contributed by atoms with Gasteiger partial charge in [-0.15, -0.1) is 0 Å². The van der Waals surface area contributed by atoms with E-state index in [0.717, 1.165) is 0 Å². The Morgan fingerprint density at radius 1 is 0.950 bits per heavy atom. The third-order valence-electron chi connectivity index (χ3n) is 2.45. The normalized spacial score (nSPS) is 10.4. The lowest BCUT2D eigenvalue weighted by Crippen LogP contribution is -2.12. The van der Waals surface area contributed by atoms with Gasteiger partial charge in [-0.2, -0.15) is 0 Å². The summed E-state index contributed by atoms with van der Waals surface area (Å²) in [6.07, 6.45) is 0. The van der Waals surface area contributed by atoms with Gasteiger partial charge in [0.25, 0.3) is 5.91 Å². The molecule has 0 heterocycles. The quantitative estimate of drug-likeness (QED) is 0.776. The van der Waals surface area contributed by atoms with Crippen LogP contribution in [0.15, 0.2) is 30.3 Å². The second kappa shape index (κ2) is 6.10. The molecule has 0 aliphatic carbocycles. The molecule has 2 aromatic rings. The molecule has 0 fully saturated rings. The fourth-order valence-electron chi connectivity index (χ4n) is 1.54. The molecule has 1 amide bonds. The maximum atomic E-state index is 12.1. The summed E-state index contributed by atoms with van der Waals surface area (Å²) in [5.74, 6) is -0.804. The third kappa shape index (κ3) is 3.30. The van der Waals surface area contributed by atoms with Crippen molar-refractivity contribution >= 4 is 58.0 Å². The lowest BCUT2D eigenvalue weighted by atomic mass is 10.2. The van der Waals surface area contributed by atoms with Crippen LogP contribution >= 0.6 is 46.4 Å². The van der Waals surface area contributed by atoms with Gasteiger partial charge in [-0.25, -0.2) is 0 Å². The van der Waals surface area contributed by atoms with Gasteiger partial charge in [-0.05, 0) is 30.3 Å². The maximum Gasteiger partial charge on any atom is 0.259 e. The van der Waals surface area contributed by atoms with E-state index in [4.69, 9.17) is 46.4 Å². The van der Waals surface area contributed by atoms with E-state index in [-0.39, 0.29) is 27.0 Å². The molecule has 104 valence electrons. The van der Waals surface area contributed by atoms with Crippen LogP contribution in [0.4, 0.5) is 5.69 Å². The molecule has 0 aromatic heterocycles. The van der Waals surface area contributed by atoms with Gasteiger partial charge in [-0.1, -0.05) is 46.4 Å². The molecule has 7 heteroatoms. The first-order valence-electron chi connectivity index (χ1n) is 5.33. The van der Waals surface area contributed by atoms with Gasteiger partial charge in [-0.3, -0.25) is 4.79 Å². The van der Waals surface area contributed by atoms with Gasteiger partial charge in [0.05, 0.1) is 21.3 Å². The van der Waals surface area contributed by atoms with E-state index >= 15 is 0 Å². The number of anilines is 1. The zero-order valence-electron chi connectivity index (χ0n) is 9.75. The van der Waals surface area contributed by atoms with Gasteiger partial charge in [0, 0.05) is 10.0 Å². The molecule has 2 aromatic carbocycles. The van der Waals surface area contributed by atoms with Gasteiger partial charge < -0.3 is 10.4 Å². The van der Waals surface area contributed by atoms with Crippen molar-refractivity contribution in [1.82, 2.24) is 0 Å². The van der Waals surface area contributed by atoms with E-state index in [1.165, 1.54) is 30.3 Å². The van der Waals surface area contributed by atoms with Crippen molar-refractivity contribution < 1.29 is 9.90 Å². The predicted octanol–water partition coefficient (Wildman–Crippen LogP) is 5.26. The molecule has 0 saturated heterocycles. The number of hydrogen-bond donors (Lipinski definition) is 2. The van der Waals surface area contributed by atoms with Crippen LogP contribution < -0.4 is 5.32 Å². The Bertz CT molecular complexity index is 665. The number of halogens is 4. The average molecular weight is 351 g/mol. The molecule has 0 unspecified atom stereocenters. The summed E-state index contributed by atoms with van der Waals surface area (Å²) in [5, 5.41) is 13.3. The number of benzene rings is 2. The van der Waals surface area contributed by atoms with Gasteiger partial charge in [0.15, 0.2) is 0 Å². The molecule has 0 radical (unpaired) electrons. The number of nitrogens with one attached hydrogen (secondary N) is 1. The van der Waals surface area contributed by atoms with Gasteiger partial charge in [0.1, 0.15) is 5.75 Å². The van der Waals surface area contributed by atoms with Crippen molar-refractivity contribution in [2.75, 3.05) is 5.32 Å². The van der Waals surface area contributed by atoms with E-state index < -0.39 is 5.91 Å². The van der Waals surface area contributed by atoms with Crippen LogP contribution in [0.25, 0.3) is 0 Å². The Morgan fingerprint density at radius 2 is 1.55 bits per heavy atom. The largest absolute Gasteiger partial charge is 0.507 e. The van der Waals surface area contributed by atoms with Crippen molar-refractivity contribution in [1.29, 1.82) is 0 Å². The van der Waals surface area contributed by atoms with Crippen LogP contribution in [0, 0.1) is 0 Å². The van der Waals surface area contributed by atoms with E-state index in [0.29, 0.717) is 10.0 Å². The molecule has 20 heavy (non-hydrogen) atoms. The summed E-state index contributed by atoms with van der Waals surface area (Å²) in [6.45, 7) is 0. The number of aromatic hydroxyl groups is 1. The Hall–Kier alpha value is -1.13. The first kappa shape index (κ1) is 15.3. The minimum atomic E-state index is -0.565. The van der Waals surface area contributed by atoms with Crippen molar-refractivity contribution in [3.05, 3.63) is 56.0 Å². The lowest BCUT2D eigenvalue weighted by molar-refractivity contribution is 0.102. The Labute approximate surface area is 135 Å². The number of hydrogen-bond acceptors (Lipinski definition) is 2. The number of rotatable bonds is 2. The molecular formula is C13H7Cl4NO2. The predicted molar refractivity (Wildman–Crippen MR) is 82.5 cm³/mol. The topological polar surface area (TPSA) is 49.3 Å². The molecular weight excluding hydrogens is 344 g/mol. The zero-order chi connectivity index (χ0) is 14.9. The highest BCUT2D eigenvalue weighted by Crippen LogP contribution is 2.34. The second-order valence-corrected chi connectivity index (χ2v) is 5.55. The summed E-state index contributed by atoms with van der Waals surface area (Å²) in [6, 6.07) is 7.05. The molecule has 0 atom stereocenters. The van der Waals surface area contributed by atoms with Gasteiger partial charge in [0.2, 0.25) is 0 Å². The van der Waals surface area contributed by atoms with Crippen molar-refractivity contribution in [2.24, 2.45) is 0 Å². The summed E-state index contributed by atoms with van der Waals surface area (Å²) in [7, 11) is 0. The monoisotopic (exact) mass is 349 g/mol. The minimum Gasteiger partial charge on any atom is -0.507 e. The van der Waals surface area contributed by atoms with Crippen LogP contribution in [0.3, 0.4) is 0 Å². The van der Waals surface area contributed by atoms with Crippen molar-refractivity contribution in [3.8, 4) is 5.75 Å². The number of phenolic OH excluding ortho intramolecular Hbond substituents is 1. The Balaban J connectivity index is 2.33. The molecule has 0 saturated carbocycles. The van der Waals surface area contributed by atoms with Crippen LogP contribution in [0.5, 0.6) is 5.75 Å². The SMILES string of the molecule is O=C(Nc1c(Cl)cc(Cl)cc1Cl)c1ccc(Cl)cc1O. The minimum absolute atomic E-state index is 0.0523. The zero-order valence-corrected chi connectivity index (χ0v) is 12.8. The summed E-state index contributed by atoms with van der Waals surface area (Å²) < 4.78 is 0. The molecule has 2 rings (SSSR count). The van der Waals surface area contributed by atoms with E-state index in [2.05, 4.69) is 5.32 Å². The smallest absolute Gasteiger partial charge is 0.259 e. The molecule has 0 aliphatic heterocycles. The number of carbonyl (C=O) groups is 1. The number of phenols is 1. The Morgan fingerprint density at radius 3 is 2.10 bits per heavy atom. The highest BCUT2D eigenvalue weighted by Gasteiger charge is 2.15. The fourth-order valence-corrected chi connectivity index (χ4v) is 2.62. The van der Waals surface area contributed by atoms with Crippen molar-refractivity contribution in [2.45, 2.75) is 0 Å². The van der Waals surface area contributed by atoms with Crippen molar-refractivity contribution in [3.63, 3.8) is 0 Å². The lowest BCUT2D eigenvalue weighted by Gasteiger charge is -2.10. The molecule has 0 bridgehead atoms. The summed E-state index contributed by atoms with van der Waals surface area (Å²) >= 11 is 23.4. The third-order valence-corrected chi connectivity index (χ3v) is 3.50. The van der Waals surface area contributed by atoms with E-state index in [1.54, 1.807) is 0 Å². The maximum absolute atomic E-state index is 12.1. The number of amides is 1. The van der Waals surface area contributed by atoms with Crippen LogP contribution in [-0.2, 0) is 0 Å². The fraction of sp³-hybridized carbons (Fsp3) is 0. The highest BCUT2D eigenvalue weighted by atomic mass is 35.5. The Kier molecular flexibility index (Phi) is 4.66. The highest BCUT2D eigenvalue weighted by molar-refractivity contribution is 6.42. The van der Waals surface area contributed by atoms with Crippen LogP contribution in [0.2, 0.25) is 20.1 Å². The van der Waals surface area contributed by atoms with E-state index in [1.807, 2.05) is 0 Å². The van der Waals surface area contributed by atoms with Crippen LogP contribution in [0.1, 0.15) is 10.4 Å². The summed E-state index contributed by atoms with van der Waals surface area (Å²) in [4.78, 5) is 12.1. The first-order chi connectivity index (χ1) is 9.38. The molecule has 0 spiro atoms. The van der Waals surface area contributed by atoms with Gasteiger partial charge >= 0.3 is 0 Å². The molecule has 0 aliphatic rings. The molecule has 3 nitrogen and oxygen atoms in total. The summed E-state index contributed by atoms with van der Waals surface area (Å²) in [5.41, 5.74) is 0.272. The standard InChI is InChI=1S/C13H7Cl4NO2/c14-6-1-2-8(11(19)5-6)13(20)18-12-9(16)3-7(15)4-10(12)17/h1-5,19H,(H,18,20). The first-order valence-corrected chi connectivity index (χ1v) is 6.84.